The maximum absolute atomic E-state index is 10.3. The van der Waals surface area contributed by atoms with Crippen LogP contribution in [-0.4, -0.2) is 24.0 Å². The molecular formula is C15H30N2O2. The molecule has 0 spiro atoms. The highest BCUT2D eigenvalue weighted by Gasteiger charge is 1.97. The minimum atomic E-state index is -0.672. The Kier molecular flexibility index (Phi) is 12.6. The lowest BCUT2D eigenvalue weighted by Crippen LogP contribution is -2.10. The van der Waals surface area contributed by atoms with Gasteiger partial charge in [-0.3, -0.25) is 9.79 Å². The van der Waals surface area contributed by atoms with Crippen LogP contribution in [0.25, 0.3) is 0 Å². The monoisotopic (exact) mass is 270 g/mol. The molecule has 4 heteroatoms. The van der Waals surface area contributed by atoms with Gasteiger partial charge in [-0.2, -0.15) is 0 Å². The van der Waals surface area contributed by atoms with Crippen LogP contribution in [0.15, 0.2) is 4.99 Å². The molecule has 0 aromatic carbocycles. The molecule has 0 aliphatic heterocycles. The molecule has 0 bridgehead atoms. The zero-order valence-electron chi connectivity index (χ0n) is 12.4. The number of carboxylic acid groups (broad SMARTS) is 1. The lowest BCUT2D eigenvalue weighted by Gasteiger charge is -2.02. The van der Waals surface area contributed by atoms with E-state index in [-0.39, 0.29) is 0 Å². The molecule has 0 aromatic heterocycles. The number of amidine groups is 1. The largest absolute Gasteiger partial charge is 0.481 e. The van der Waals surface area contributed by atoms with E-state index in [0.29, 0.717) is 6.42 Å². The van der Waals surface area contributed by atoms with E-state index in [9.17, 15) is 4.79 Å². The predicted molar refractivity (Wildman–Crippen MR) is 80.6 cm³/mol. The van der Waals surface area contributed by atoms with Gasteiger partial charge in [-0.25, -0.2) is 0 Å². The molecule has 0 saturated carbocycles. The average molecular weight is 270 g/mol. The summed E-state index contributed by atoms with van der Waals surface area (Å²) >= 11 is 0. The van der Waals surface area contributed by atoms with Crippen LogP contribution in [0.1, 0.15) is 77.0 Å². The Hall–Kier alpha value is -1.06. The zero-order valence-corrected chi connectivity index (χ0v) is 12.4. The Morgan fingerprint density at radius 2 is 1.21 bits per heavy atom. The summed E-state index contributed by atoms with van der Waals surface area (Å²) in [7, 11) is 1.74. The molecule has 0 rings (SSSR count). The van der Waals surface area contributed by atoms with Crippen LogP contribution in [-0.2, 0) is 4.79 Å². The fourth-order valence-corrected chi connectivity index (χ4v) is 2.11. The number of carbonyl (C=O) groups is 1. The van der Waals surface area contributed by atoms with Gasteiger partial charge < -0.3 is 10.8 Å². The fraction of sp³-hybridized carbons (Fsp3) is 0.867. The number of aliphatic imine (C=N–C) groups is 1. The van der Waals surface area contributed by atoms with Crippen LogP contribution in [0, 0.1) is 0 Å². The summed E-state index contributed by atoms with van der Waals surface area (Å²) in [6, 6.07) is 0. The van der Waals surface area contributed by atoms with Crippen molar-refractivity contribution in [3.05, 3.63) is 0 Å². The van der Waals surface area contributed by atoms with Gasteiger partial charge in [-0.05, 0) is 12.8 Å². The summed E-state index contributed by atoms with van der Waals surface area (Å²) < 4.78 is 0. The molecule has 0 saturated heterocycles. The van der Waals surface area contributed by atoms with Gasteiger partial charge >= 0.3 is 5.97 Å². The first kappa shape index (κ1) is 17.9. The Morgan fingerprint density at radius 1 is 0.842 bits per heavy atom. The normalized spacial score (nSPS) is 11.7. The molecule has 3 N–H and O–H groups in total. The van der Waals surface area contributed by atoms with Crippen LogP contribution in [0.2, 0.25) is 0 Å². The summed E-state index contributed by atoms with van der Waals surface area (Å²) in [5.41, 5.74) is 5.63. The van der Waals surface area contributed by atoms with Gasteiger partial charge in [0, 0.05) is 19.9 Å². The highest BCUT2D eigenvalue weighted by atomic mass is 16.4. The number of nitrogens with zero attached hydrogens (tertiary/aromatic N) is 1. The van der Waals surface area contributed by atoms with Crippen molar-refractivity contribution in [2.75, 3.05) is 7.05 Å². The highest BCUT2D eigenvalue weighted by Crippen LogP contribution is 2.11. The van der Waals surface area contributed by atoms with Crippen molar-refractivity contribution in [1.29, 1.82) is 0 Å². The van der Waals surface area contributed by atoms with Crippen molar-refractivity contribution >= 4 is 11.8 Å². The molecular weight excluding hydrogens is 240 g/mol. The third kappa shape index (κ3) is 14.9. The lowest BCUT2D eigenvalue weighted by atomic mass is 10.1. The molecule has 112 valence electrons. The third-order valence-corrected chi connectivity index (χ3v) is 3.36. The standard InChI is InChI=1S/C15H30N2O2/c1-17-14(16)12-10-8-6-4-2-3-5-7-9-11-13-15(18)19/h2-13H2,1H3,(H2,16,17)(H,18,19). The first-order valence-corrected chi connectivity index (χ1v) is 7.59. The quantitative estimate of drug-likeness (QED) is 0.304. The van der Waals surface area contributed by atoms with E-state index < -0.39 is 5.97 Å². The van der Waals surface area contributed by atoms with E-state index in [1.807, 2.05) is 0 Å². The number of hydrogen-bond donors (Lipinski definition) is 2. The van der Waals surface area contributed by atoms with Crippen molar-refractivity contribution in [3.8, 4) is 0 Å². The Labute approximate surface area is 117 Å². The van der Waals surface area contributed by atoms with E-state index in [1.54, 1.807) is 7.05 Å². The van der Waals surface area contributed by atoms with Gasteiger partial charge in [0.15, 0.2) is 0 Å². The number of hydrogen-bond acceptors (Lipinski definition) is 2. The van der Waals surface area contributed by atoms with E-state index in [4.69, 9.17) is 10.8 Å². The Bertz CT molecular complexity index is 253. The molecule has 0 aliphatic carbocycles. The van der Waals surface area contributed by atoms with Crippen molar-refractivity contribution in [2.24, 2.45) is 10.7 Å². The van der Waals surface area contributed by atoms with E-state index in [1.165, 1.54) is 44.9 Å². The number of nitrogens with two attached hydrogens (primary N) is 1. The summed E-state index contributed by atoms with van der Waals surface area (Å²) in [6.45, 7) is 0. The first-order chi connectivity index (χ1) is 9.16. The number of unbranched alkanes of at least 4 members (excludes halogenated alkanes) is 9. The minimum absolute atomic E-state index is 0.324. The van der Waals surface area contributed by atoms with Gasteiger partial charge in [0.05, 0.1) is 5.84 Å². The van der Waals surface area contributed by atoms with Crippen LogP contribution >= 0.6 is 0 Å². The summed E-state index contributed by atoms with van der Waals surface area (Å²) in [5, 5.41) is 8.49. The third-order valence-electron chi connectivity index (χ3n) is 3.36. The SMILES string of the molecule is CN=C(N)CCCCCCCCCCCCC(=O)O. The van der Waals surface area contributed by atoms with Crippen LogP contribution in [0.5, 0.6) is 0 Å². The summed E-state index contributed by atoms with van der Waals surface area (Å²) in [5.74, 6) is 0.0927. The molecule has 0 aromatic rings. The second-order valence-corrected chi connectivity index (χ2v) is 5.14. The van der Waals surface area contributed by atoms with Crippen molar-refractivity contribution in [3.63, 3.8) is 0 Å². The lowest BCUT2D eigenvalue weighted by molar-refractivity contribution is -0.137. The molecule has 0 heterocycles. The molecule has 4 nitrogen and oxygen atoms in total. The van der Waals surface area contributed by atoms with Gasteiger partial charge in [-0.1, -0.05) is 51.4 Å². The molecule has 0 atom stereocenters. The molecule has 19 heavy (non-hydrogen) atoms. The van der Waals surface area contributed by atoms with Gasteiger partial charge in [-0.15, -0.1) is 0 Å². The minimum Gasteiger partial charge on any atom is -0.481 e. The predicted octanol–water partition coefficient (Wildman–Crippen LogP) is 3.74. The Morgan fingerprint density at radius 3 is 1.58 bits per heavy atom. The van der Waals surface area contributed by atoms with E-state index >= 15 is 0 Å². The van der Waals surface area contributed by atoms with Crippen molar-refractivity contribution in [2.45, 2.75) is 77.0 Å². The van der Waals surface area contributed by atoms with Gasteiger partial charge in [0.1, 0.15) is 0 Å². The van der Waals surface area contributed by atoms with Gasteiger partial charge in [0.25, 0.3) is 0 Å². The van der Waals surface area contributed by atoms with E-state index in [2.05, 4.69) is 4.99 Å². The maximum Gasteiger partial charge on any atom is 0.303 e. The smallest absolute Gasteiger partial charge is 0.303 e. The molecule has 0 amide bonds. The molecule has 0 radical (unpaired) electrons. The number of carboxylic acids is 1. The van der Waals surface area contributed by atoms with Crippen molar-refractivity contribution < 1.29 is 9.90 Å². The van der Waals surface area contributed by atoms with Crippen LogP contribution in [0.4, 0.5) is 0 Å². The first-order valence-electron chi connectivity index (χ1n) is 7.59. The second kappa shape index (κ2) is 13.4. The topological polar surface area (TPSA) is 75.7 Å². The number of rotatable bonds is 13. The highest BCUT2D eigenvalue weighted by molar-refractivity contribution is 5.79. The average Bonchev–Trinajstić information content (AvgIpc) is 2.39. The molecule has 0 fully saturated rings. The van der Waals surface area contributed by atoms with Gasteiger partial charge in [0.2, 0.25) is 0 Å². The summed E-state index contributed by atoms with van der Waals surface area (Å²) in [6.07, 6.45) is 13.1. The Balaban J connectivity index is 3.05. The van der Waals surface area contributed by atoms with Crippen LogP contribution < -0.4 is 5.73 Å². The number of aliphatic carboxylic acids is 1. The fourth-order valence-electron chi connectivity index (χ4n) is 2.11. The second-order valence-electron chi connectivity index (χ2n) is 5.14. The summed E-state index contributed by atoms with van der Waals surface area (Å²) in [4.78, 5) is 14.2. The molecule has 0 unspecified atom stereocenters. The van der Waals surface area contributed by atoms with Crippen molar-refractivity contribution in [1.82, 2.24) is 0 Å². The van der Waals surface area contributed by atoms with Crippen LogP contribution in [0.3, 0.4) is 0 Å². The maximum atomic E-state index is 10.3. The zero-order chi connectivity index (χ0) is 14.3. The molecule has 0 aliphatic rings. The van der Waals surface area contributed by atoms with E-state index in [0.717, 1.165) is 31.5 Å².